The number of aromatic nitrogens is 2. The van der Waals surface area contributed by atoms with Crippen LogP contribution < -0.4 is 0 Å². The lowest BCUT2D eigenvalue weighted by Crippen LogP contribution is -1.97. The van der Waals surface area contributed by atoms with Crippen LogP contribution in [0, 0.1) is 18.5 Å². The summed E-state index contributed by atoms with van der Waals surface area (Å²) in [5.74, 6) is 1.40. The number of aryl methyl sites for hydroxylation is 1. The van der Waals surface area contributed by atoms with Crippen LogP contribution in [-0.4, -0.2) is 9.97 Å². The van der Waals surface area contributed by atoms with Crippen molar-refractivity contribution in [3.63, 3.8) is 0 Å². The van der Waals surface area contributed by atoms with Crippen molar-refractivity contribution < 1.29 is 4.42 Å². The monoisotopic (exact) mass is 282 g/mol. The van der Waals surface area contributed by atoms with Crippen LogP contribution in [0.5, 0.6) is 0 Å². The van der Waals surface area contributed by atoms with Crippen LogP contribution in [0.25, 0.3) is 22.8 Å². The fraction of sp³-hybridized carbons (Fsp3) is 0.125. The molecule has 3 aromatic rings. The lowest BCUT2D eigenvalue weighted by atomic mass is 10.1. The molecule has 0 unspecified atom stereocenters. The summed E-state index contributed by atoms with van der Waals surface area (Å²) in [7, 11) is 0. The van der Waals surface area contributed by atoms with Gasteiger partial charge in [0, 0.05) is 5.56 Å². The van der Waals surface area contributed by atoms with E-state index >= 15 is 0 Å². The summed E-state index contributed by atoms with van der Waals surface area (Å²) in [6.07, 6.45) is 1.66. The Kier molecular flexibility index (Phi) is 3.24. The third kappa shape index (κ3) is 2.18. The molecule has 3 nitrogen and oxygen atoms in total. The van der Waals surface area contributed by atoms with Gasteiger partial charge in [-0.15, -0.1) is 0 Å². The second-order valence-corrected chi connectivity index (χ2v) is 5.08. The molecule has 100 valence electrons. The topological polar surface area (TPSA) is 41.8 Å². The summed E-state index contributed by atoms with van der Waals surface area (Å²) in [6.45, 7) is 3.96. The van der Waals surface area contributed by atoms with Crippen LogP contribution in [-0.2, 0) is 0 Å². The molecule has 0 aliphatic heterocycles. The molecular formula is C16H14N2OS. The SMILES string of the molecule is Cc1ccoc1-c1nc(=S)c(C)c(-c2ccccc2)[nH]1. The van der Waals surface area contributed by atoms with E-state index < -0.39 is 0 Å². The van der Waals surface area contributed by atoms with Gasteiger partial charge in [-0.25, -0.2) is 4.98 Å². The molecule has 0 spiro atoms. The van der Waals surface area contributed by atoms with Gasteiger partial charge in [0.1, 0.15) is 4.64 Å². The highest BCUT2D eigenvalue weighted by Crippen LogP contribution is 2.26. The maximum Gasteiger partial charge on any atom is 0.175 e. The molecule has 0 amide bonds. The molecule has 0 aliphatic carbocycles. The van der Waals surface area contributed by atoms with E-state index in [1.807, 2.05) is 50.2 Å². The standard InChI is InChI=1S/C16H14N2OS/c1-10-8-9-19-14(10)15-17-13(11(2)16(20)18-15)12-6-4-3-5-7-12/h3-9H,1-2H3,(H,17,18,20). The maximum atomic E-state index is 5.50. The number of nitrogens with zero attached hydrogens (tertiary/aromatic N) is 1. The first-order valence-electron chi connectivity index (χ1n) is 6.37. The summed E-state index contributed by atoms with van der Waals surface area (Å²) in [5, 5.41) is 0. The zero-order chi connectivity index (χ0) is 14.1. The number of H-pyrrole nitrogens is 1. The van der Waals surface area contributed by atoms with Gasteiger partial charge in [0.25, 0.3) is 0 Å². The molecule has 2 heterocycles. The Morgan fingerprint density at radius 1 is 1.10 bits per heavy atom. The minimum Gasteiger partial charge on any atom is -0.461 e. The van der Waals surface area contributed by atoms with E-state index in [1.165, 1.54) is 0 Å². The van der Waals surface area contributed by atoms with Crippen LogP contribution >= 0.6 is 12.2 Å². The van der Waals surface area contributed by atoms with Crippen molar-refractivity contribution in [2.75, 3.05) is 0 Å². The number of hydrogen-bond acceptors (Lipinski definition) is 3. The molecule has 0 saturated carbocycles. The summed E-state index contributed by atoms with van der Waals surface area (Å²) >= 11 is 5.37. The average molecular weight is 282 g/mol. The van der Waals surface area contributed by atoms with Crippen LogP contribution in [0.15, 0.2) is 47.1 Å². The van der Waals surface area contributed by atoms with E-state index in [2.05, 4.69) is 9.97 Å². The lowest BCUT2D eigenvalue weighted by molar-refractivity contribution is 0.575. The predicted molar refractivity (Wildman–Crippen MR) is 82.0 cm³/mol. The molecule has 0 aliphatic rings. The highest BCUT2D eigenvalue weighted by Gasteiger charge is 2.12. The first kappa shape index (κ1) is 12.8. The van der Waals surface area contributed by atoms with Gasteiger partial charge in [0.15, 0.2) is 11.6 Å². The summed E-state index contributed by atoms with van der Waals surface area (Å²) in [6, 6.07) is 12.0. The molecule has 1 aromatic carbocycles. The molecule has 3 rings (SSSR count). The fourth-order valence-electron chi connectivity index (χ4n) is 2.15. The molecular weight excluding hydrogens is 268 g/mol. The number of benzene rings is 1. The number of nitrogens with one attached hydrogen (secondary N) is 1. The zero-order valence-electron chi connectivity index (χ0n) is 11.3. The van der Waals surface area contributed by atoms with Crippen LogP contribution in [0.4, 0.5) is 0 Å². The lowest BCUT2D eigenvalue weighted by Gasteiger charge is -2.09. The maximum absolute atomic E-state index is 5.50. The van der Waals surface area contributed by atoms with Crippen molar-refractivity contribution in [2.45, 2.75) is 13.8 Å². The number of rotatable bonds is 2. The van der Waals surface area contributed by atoms with E-state index in [9.17, 15) is 0 Å². The minimum absolute atomic E-state index is 0.591. The van der Waals surface area contributed by atoms with E-state index in [-0.39, 0.29) is 0 Å². The molecule has 2 aromatic heterocycles. The first-order chi connectivity index (χ1) is 9.66. The molecule has 4 heteroatoms. The van der Waals surface area contributed by atoms with E-state index in [1.54, 1.807) is 6.26 Å². The average Bonchev–Trinajstić information content (AvgIpc) is 2.89. The zero-order valence-corrected chi connectivity index (χ0v) is 12.1. The quantitative estimate of drug-likeness (QED) is 0.694. The van der Waals surface area contributed by atoms with Gasteiger partial charge in [-0.05, 0) is 31.0 Å². The van der Waals surface area contributed by atoms with Crippen molar-refractivity contribution in [3.05, 3.63) is 58.4 Å². The Hall–Kier alpha value is -2.20. The number of aromatic amines is 1. The van der Waals surface area contributed by atoms with Gasteiger partial charge < -0.3 is 9.40 Å². The largest absolute Gasteiger partial charge is 0.461 e. The summed E-state index contributed by atoms with van der Waals surface area (Å²) < 4.78 is 6.09. The Morgan fingerprint density at radius 2 is 1.85 bits per heavy atom. The molecule has 0 radical (unpaired) electrons. The summed E-state index contributed by atoms with van der Waals surface area (Å²) in [5.41, 5.74) is 4.07. The highest BCUT2D eigenvalue weighted by atomic mass is 32.1. The van der Waals surface area contributed by atoms with Gasteiger partial charge in [0.05, 0.1) is 12.0 Å². The third-order valence-electron chi connectivity index (χ3n) is 3.29. The number of hydrogen-bond donors (Lipinski definition) is 1. The van der Waals surface area contributed by atoms with E-state index in [0.29, 0.717) is 10.5 Å². The van der Waals surface area contributed by atoms with E-state index in [4.69, 9.17) is 16.6 Å². The molecule has 0 saturated heterocycles. The third-order valence-corrected chi connectivity index (χ3v) is 3.69. The van der Waals surface area contributed by atoms with Gasteiger partial charge in [0.2, 0.25) is 0 Å². The molecule has 0 fully saturated rings. The smallest absolute Gasteiger partial charge is 0.175 e. The van der Waals surface area contributed by atoms with Crippen molar-refractivity contribution in [2.24, 2.45) is 0 Å². The van der Waals surface area contributed by atoms with Crippen molar-refractivity contribution >= 4 is 12.2 Å². The van der Waals surface area contributed by atoms with Gasteiger partial charge in [-0.2, -0.15) is 0 Å². The second kappa shape index (κ2) is 5.06. The van der Waals surface area contributed by atoms with Gasteiger partial charge in [-0.3, -0.25) is 0 Å². The highest BCUT2D eigenvalue weighted by molar-refractivity contribution is 7.71. The summed E-state index contributed by atoms with van der Waals surface area (Å²) in [4.78, 5) is 7.77. The molecule has 0 atom stereocenters. The Labute approximate surface area is 122 Å². The minimum atomic E-state index is 0.591. The van der Waals surface area contributed by atoms with Gasteiger partial charge >= 0.3 is 0 Å². The van der Waals surface area contributed by atoms with Crippen molar-refractivity contribution in [1.29, 1.82) is 0 Å². The Morgan fingerprint density at radius 3 is 2.50 bits per heavy atom. The molecule has 1 N–H and O–H groups in total. The van der Waals surface area contributed by atoms with Crippen LogP contribution in [0.1, 0.15) is 11.1 Å². The van der Waals surface area contributed by atoms with E-state index in [0.717, 1.165) is 28.1 Å². The normalized spacial score (nSPS) is 10.7. The van der Waals surface area contributed by atoms with Crippen molar-refractivity contribution in [1.82, 2.24) is 9.97 Å². The Balaban J connectivity index is 2.24. The molecule has 0 bridgehead atoms. The second-order valence-electron chi connectivity index (χ2n) is 4.69. The Bertz CT molecular complexity index is 803. The van der Waals surface area contributed by atoms with Crippen LogP contribution in [0.3, 0.4) is 0 Å². The number of furan rings is 1. The predicted octanol–water partition coefficient (Wildman–Crippen LogP) is 4.68. The fourth-order valence-corrected chi connectivity index (χ4v) is 2.34. The van der Waals surface area contributed by atoms with Crippen molar-refractivity contribution in [3.8, 4) is 22.8 Å². The first-order valence-corrected chi connectivity index (χ1v) is 6.78. The van der Waals surface area contributed by atoms with Crippen LogP contribution in [0.2, 0.25) is 0 Å². The molecule has 20 heavy (non-hydrogen) atoms. The van der Waals surface area contributed by atoms with Gasteiger partial charge in [-0.1, -0.05) is 42.5 Å².